The molecule has 1 N–H and O–H groups in total. The van der Waals surface area contributed by atoms with Gasteiger partial charge in [-0.05, 0) is 62.6 Å². The molecule has 0 saturated heterocycles. The SMILES string of the molecule is CCOC(=O)C1=C(C)NC2=C(C(=O)[C@H](C(=O)OCC)[C@H](c3cccc(OC)c3)C2)[C@H]1c1cc(OC)c(OC)c(OC)c1. The lowest BCUT2D eigenvalue weighted by molar-refractivity contribution is -0.152. The lowest BCUT2D eigenvalue weighted by Crippen LogP contribution is -2.43. The molecular weight excluding hydrogens is 542 g/mol. The van der Waals surface area contributed by atoms with E-state index in [4.69, 9.17) is 28.4 Å². The van der Waals surface area contributed by atoms with Gasteiger partial charge in [-0.15, -0.1) is 0 Å². The van der Waals surface area contributed by atoms with E-state index < -0.39 is 35.5 Å². The molecule has 0 aromatic heterocycles. The van der Waals surface area contributed by atoms with E-state index in [2.05, 4.69) is 5.32 Å². The van der Waals surface area contributed by atoms with Crippen molar-refractivity contribution in [2.45, 2.75) is 39.0 Å². The molecule has 10 heteroatoms. The van der Waals surface area contributed by atoms with Gasteiger partial charge in [-0.1, -0.05) is 12.1 Å². The maximum atomic E-state index is 14.6. The van der Waals surface area contributed by atoms with Crippen LogP contribution < -0.4 is 24.3 Å². The lowest BCUT2D eigenvalue weighted by Gasteiger charge is -2.39. The third-order valence-electron chi connectivity index (χ3n) is 7.60. The van der Waals surface area contributed by atoms with Gasteiger partial charge in [0.05, 0.1) is 47.2 Å². The molecule has 0 radical (unpaired) electrons. The van der Waals surface area contributed by atoms with Gasteiger partial charge in [0, 0.05) is 28.8 Å². The van der Waals surface area contributed by atoms with E-state index >= 15 is 0 Å². The molecule has 0 bridgehead atoms. The molecule has 2 aromatic carbocycles. The molecule has 2 aliphatic rings. The maximum Gasteiger partial charge on any atom is 0.336 e. The molecule has 4 rings (SSSR count). The summed E-state index contributed by atoms with van der Waals surface area (Å²) < 4.78 is 33.0. The summed E-state index contributed by atoms with van der Waals surface area (Å²) in [5, 5.41) is 3.30. The summed E-state index contributed by atoms with van der Waals surface area (Å²) in [6, 6.07) is 10.7. The zero-order valence-corrected chi connectivity index (χ0v) is 25.0. The Hall–Kier alpha value is -4.47. The first-order chi connectivity index (χ1) is 20.2. The van der Waals surface area contributed by atoms with Crippen molar-refractivity contribution in [3.63, 3.8) is 0 Å². The van der Waals surface area contributed by atoms with Crippen LogP contribution in [0.25, 0.3) is 0 Å². The monoisotopic (exact) mass is 579 g/mol. The summed E-state index contributed by atoms with van der Waals surface area (Å²) in [4.78, 5) is 41.5. The maximum absolute atomic E-state index is 14.6. The largest absolute Gasteiger partial charge is 0.497 e. The highest BCUT2D eigenvalue weighted by Crippen LogP contribution is 2.50. The zero-order valence-electron chi connectivity index (χ0n) is 25.0. The third-order valence-corrected chi connectivity index (χ3v) is 7.60. The van der Waals surface area contributed by atoms with Crippen LogP contribution in [0, 0.1) is 5.92 Å². The van der Waals surface area contributed by atoms with Crippen molar-refractivity contribution in [3.8, 4) is 23.0 Å². The van der Waals surface area contributed by atoms with Gasteiger partial charge in [0.2, 0.25) is 5.75 Å². The molecule has 3 atom stereocenters. The molecule has 0 unspecified atom stereocenters. The van der Waals surface area contributed by atoms with Crippen LogP contribution in [0.5, 0.6) is 23.0 Å². The van der Waals surface area contributed by atoms with Crippen molar-refractivity contribution in [1.29, 1.82) is 0 Å². The second-order valence-corrected chi connectivity index (χ2v) is 9.85. The Labute approximate surface area is 245 Å². The first-order valence-corrected chi connectivity index (χ1v) is 13.8. The van der Waals surface area contributed by atoms with Crippen molar-refractivity contribution < 1.29 is 42.8 Å². The van der Waals surface area contributed by atoms with Gasteiger partial charge in [-0.2, -0.15) is 0 Å². The number of ether oxygens (including phenoxy) is 6. The predicted octanol–water partition coefficient (Wildman–Crippen LogP) is 4.43. The third kappa shape index (κ3) is 5.53. The number of methoxy groups -OCH3 is 4. The van der Waals surface area contributed by atoms with Gasteiger partial charge in [0.1, 0.15) is 11.7 Å². The Bertz CT molecular complexity index is 1420. The van der Waals surface area contributed by atoms with Gasteiger partial charge in [-0.25, -0.2) is 4.79 Å². The second kappa shape index (κ2) is 13.0. The molecule has 10 nitrogen and oxygen atoms in total. The first kappa shape index (κ1) is 30.5. The van der Waals surface area contributed by atoms with Crippen LogP contribution in [-0.4, -0.2) is 59.4 Å². The van der Waals surface area contributed by atoms with Crippen LogP contribution in [0.1, 0.15) is 50.2 Å². The van der Waals surface area contributed by atoms with E-state index in [1.165, 1.54) is 21.3 Å². The number of esters is 2. The number of dihydropyridines is 1. The molecule has 0 fully saturated rings. The fourth-order valence-electron chi connectivity index (χ4n) is 5.80. The number of allylic oxidation sites excluding steroid dienone is 3. The summed E-state index contributed by atoms with van der Waals surface area (Å²) in [7, 11) is 6.03. The Balaban J connectivity index is 1.97. The van der Waals surface area contributed by atoms with Crippen molar-refractivity contribution >= 4 is 17.7 Å². The number of hydrogen-bond acceptors (Lipinski definition) is 10. The molecule has 0 saturated carbocycles. The highest BCUT2D eigenvalue weighted by molar-refractivity contribution is 6.13. The van der Waals surface area contributed by atoms with Crippen LogP contribution in [-0.2, 0) is 23.9 Å². The summed E-state index contributed by atoms with van der Waals surface area (Å²) in [6.45, 7) is 5.43. The van der Waals surface area contributed by atoms with E-state index in [1.54, 1.807) is 46.1 Å². The number of ketones is 1. The van der Waals surface area contributed by atoms with E-state index in [0.717, 1.165) is 5.56 Å². The van der Waals surface area contributed by atoms with Gasteiger partial charge in [0.15, 0.2) is 17.3 Å². The van der Waals surface area contributed by atoms with Gasteiger partial charge in [0.25, 0.3) is 0 Å². The molecule has 1 heterocycles. The highest BCUT2D eigenvalue weighted by atomic mass is 16.5. The second-order valence-electron chi connectivity index (χ2n) is 9.85. The molecule has 224 valence electrons. The van der Waals surface area contributed by atoms with Gasteiger partial charge in [-0.3, -0.25) is 9.59 Å². The molecule has 42 heavy (non-hydrogen) atoms. The quantitative estimate of drug-likeness (QED) is 0.320. The van der Waals surface area contributed by atoms with Gasteiger partial charge < -0.3 is 33.7 Å². The van der Waals surface area contributed by atoms with Crippen LogP contribution >= 0.6 is 0 Å². The Morgan fingerprint density at radius 3 is 2.12 bits per heavy atom. The number of carbonyl (C=O) groups excluding carboxylic acids is 3. The number of rotatable bonds is 10. The minimum Gasteiger partial charge on any atom is -0.497 e. The van der Waals surface area contributed by atoms with Crippen molar-refractivity contribution in [2.24, 2.45) is 5.92 Å². The van der Waals surface area contributed by atoms with Crippen molar-refractivity contribution in [3.05, 3.63) is 70.1 Å². The highest BCUT2D eigenvalue weighted by Gasteiger charge is 2.49. The Morgan fingerprint density at radius 1 is 0.881 bits per heavy atom. The molecule has 2 aromatic rings. The van der Waals surface area contributed by atoms with E-state index in [0.29, 0.717) is 46.4 Å². The van der Waals surface area contributed by atoms with E-state index in [9.17, 15) is 14.4 Å². The lowest BCUT2D eigenvalue weighted by atomic mass is 9.67. The Kier molecular flexibility index (Phi) is 9.45. The molecule has 0 spiro atoms. The number of carbonyl (C=O) groups is 3. The molecular formula is C32H37NO9. The minimum atomic E-state index is -1.15. The van der Waals surface area contributed by atoms with Crippen molar-refractivity contribution in [2.75, 3.05) is 41.7 Å². The minimum absolute atomic E-state index is 0.112. The van der Waals surface area contributed by atoms with E-state index in [-0.39, 0.29) is 24.4 Å². The normalized spacial score (nSPS) is 19.9. The Morgan fingerprint density at radius 2 is 1.55 bits per heavy atom. The topological polar surface area (TPSA) is 119 Å². The predicted molar refractivity (Wildman–Crippen MR) is 154 cm³/mol. The standard InChI is InChI=1S/C32H37NO9/c1-8-41-31(35)25-17(3)33-22-16-21(18-11-10-12-20(13-18)37-4)27(32(36)42-9-2)29(34)28(22)26(25)19-14-23(38-5)30(40-7)24(15-19)39-6/h10-15,21,26-27,33H,8-9,16H2,1-7H3/t21-,26-,27+/m0/s1. The van der Waals surface area contributed by atoms with E-state index in [1.807, 2.05) is 18.2 Å². The fourth-order valence-corrected chi connectivity index (χ4v) is 5.80. The van der Waals surface area contributed by atoms with Gasteiger partial charge >= 0.3 is 11.9 Å². The first-order valence-electron chi connectivity index (χ1n) is 13.8. The average Bonchev–Trinajstić information content (AvgIpc) is 2.99. The fraction of sp³-hybridized carbons (Fsp3) is 0.406. The number of benzene rings is 2. The molecule has 1 aliphatic carbocycles. The number of nitrogens with one attached hydrogen (secondary N) is 1. The smallest absolute Gasteiger partial charge is 0.336 e. The van der Waals surface area contributed by atoms with Crippen LogP contribution in [0.4, 0.5) is 0 Å². The van der Waals surface area contributed by atoms with Crippen LogP contribution in [0.15, 0.2) is 58.9 Å². The molecule has 1 aliphatic heterocycles. The average molecular weight is 580 g/mol. The van der Waals surface area contributed by atoms with Crippen LogP contribution in [0.2, 0.25) is 0 Å². The van der Waals surface area contributed by atoms with Crippen molar-refractivity contribution in [1.82, 2.24) is 5.32 Å². The summed E-state index contributed by atoms with van der Waals surface area (Å²) in [5.41, 5.74) is 2.99. The van der Waals surface area contributed by atoms with Crippen LogP contribution in [0.3, 0.4) is 0 Å². The molecule has 0 amide bonds. The summed E-state index contributed by atoms with van der Waals surface area (Å²) in [6.07, 6.45) is 0.312. The summed E-state index contributed by atoms with van der Waals surface area (Å²) in [5.74, 6) is -2.54. The number of hydrogen-bond donors (Lipinski definition) is 1. The summed E-state index contributed by atoms with van der Waals surface area (Å²) >= 11 is 0. The number of Topliss-reactive ketones (excluding diaryl/α,β-unsaturated/α-hetero) is 1. The zero-order chi connectivity index (χ0) is 30.6.